The zero-order valence-electron chi connectivity index (χ0n) is 11.4. The van der Waals surface area contributed by atoms with Crippen LogP contribution in [0.15, 0.2) is 23.0 Å². The van der Waals surface area contributed by atoms with E-state index in [-0.39, 0.29) is 5.91 Å². The molecule has 1 aliphatic rings. The first-order chi connectivity index (χ1) is 9.31. The van der Waals surface area contributed by atoms with E-state index in [2.05, 4.69) is 4.90 Å². The molecule has 1 fully saturated rings. The molecule has 0 radical (unpaired) electrons. The summed E-state index contributed by atoms with van der Waals surface area (Å²) in [5.74, 6) is 0.0811. The van der Waals surface area contributed by atoms with E-state index in [9.17, 15) is 4.79 Å². The molecule has 2 rings (SSSR count). The summed E-state index contributed by atoms with van der Waals surface area (Å²) in [5, 5.41) is 0. The third kappa shape index (κ3) is 4.08. The van der Waals surface area contributed by atoms with Gasteiger partial charge in [0.1, 0.15) is 6.26 Å². The average Bonchev–Trinajstić information content (AvgIpc) is 2.85. The van der Waals surface area contributed by atoms with Crippen molar-refractivity contribution in [2.75, 3.05) is 39.3 Å². The summed E-state index contributed by atoms with van der Waals surface area (Å²) in [6.45, 7) is 5.50. The number of carbonyl (C=O) groups excluding carboxylic acids is 1. The van der Waals surface area contributed by atoms with Gasteiger partial charge in [-0.1, -0.05) is 0 Å². The maximum Gasteiger partial charge on any atom is 0.257 e. The summed E-state index contributed by atoms with van der Waals surface area (Å²) in [6.07, 6.45) is 6.32. The van der Waals surface area contributed by atoms with E-state index in [4.69, 9.17) is 10.2 Å². The van der Waals surface area contributed by atoms with E-state index >= 15 is 0 Å². The monoisotopic (exact) mass is 265 g/mol. The molecule has 1 aromatic heterocycles. The van der Waals surface area contributed by atoms with E-state index in [1.165, 1.54) is 6.26 Å². The summed E-state index contributed by atoms with van der Waals surface area (Å²) in [7, 11) is 0. The highest BCUT2D eigenvalue weighted by molar-refractivity contribution is 5.93. The van der Waals surface area contributed by atoms with Gasteiger partial charge in [-0.15, -0.1) is 0 Å². The molecule has 5 nitrogen and oxygen atoms in total. The van der Waals surface area contributed by atoms with Crippen LogP contribution in [-0.4, -0.2) is 55.0 Å². The Balaban J connectivity index is 1.81. The van der Waals surface area contributed by atoms with Crippen molar-refractivity contribution >= 4 is 5.91 Å². The normalized spacial score (nSPS) is 17.4. The third-order valence-electron chi connectivity index (χ3n) is 3.57. The van der Waals surface area contributed by atoms with Crippen molar-refractivity contribution in [3.05, 3.63) is 24.2 Å². The number of unbranched alkanes of at least 4 members (excludes halogenated alkanes) is 1. The molecule has 106 valence electrons. The molecular formula is C14H23N3O2. The minimum absolute atomic E-state index is 0.0811. The van der Waals surface area contributed by atoms with Crippen LogP contribution in [0, 0.1) is 0 Å². The summed E-state index contributed by atoms with van der Waals surface area (Å²) in [4.78, 5) is 16.6. The number of nitrogens with two attached hydrogens (primary N) is 1. The Morgan fingerprint density at radius 3 is 2.89 bits per heavy atom. The molecule has 19 heavy (non-hydrogen) atoms. The molecule has 1 saturated heterocycles. The first-order valence-corrected chi connectivity index (χ1v) is 7.05. The van der Waals surface area contributed by atoms with Crippen molar-refractivity contribution in [3.63, 3.8) is 0 Å². The van der Waals surface area contributed by atoms with Gasteiger partial charge in [-0.25, -0.2) is 0 Å². The van der Waals surface area contributed by atoms with Gasteiger partial charge in [0, 0.05) is 19.6 Å². The first-order valence-electron chi connectivity index (χ1n) is 7.05. The molecule has 0 spiro atoms. The van der Waals surface area contributed by atoms with E-state index in [1.807, 2.05) is 4.90 Å². The number of hydrogen-bond donors (Lipinski definition) is 1. The number of amides is 1. The minimum atomic E-state index is 0.0811. The summed E-state index contributed by atoms with van der Waals surface area (Å²) in [5.41, 5.74) is 6.16. The zero-order chi connectivity index (χ0) is 13.5. The molecular weight excluding hydrogens is 242 g/mol. The van der Waals surface area contributed by atoms with Crippen LogP contribution in [0.4, 0.5) is 0 Å². The Kier molecular flexibility index (Phi) is 5.42. The van der Waals surface area contributed by atoms with Crippen molar-refractivity contribution in [2.24, 2.45) is 5.73 Å². The highest BCUT2D eigenvalue weighted by Crippen LogP contribution is 2.10. The van der Waals surface area contributed by atoms with E-state index in [0.29, 0.717) is 5.56 Å². The molecule has 0 aliphatic carbocycles. The van der Waals surface area contributed by atoms with Gasteiger partial charge in [0.05, 0.1) is 11.8 Å². The van der Waals surface area contributed by atoms with Crippen LogP contribution < -0.4 is 5.73 Å². The molecule has 0 saturated carbocycles. The largest absolute Gasteiger partial charge is 0.472 e. The average molecular weight is 265 g/mol. The van der Waals surface area contributed by atoms with Crippen LogP contribution in [0.25, 0.3) is 0 Å². The van der Waals surface area contributed by atoms with Crippen molar-refractivity contribution in [1.82, 2.24) is 9.80 Å². The number of rotatable bonds is 5. The number of hydrogen-bond acceptors (Lipinski definition) is 4. The summed E-state index contributed by atoms with van der Waals surface area (Å²) < 4.78 is 4.97. The maximum atomic E-state index is 12.2. The van der Waals surface area contributed by atoms with Gasteiger partial charge in [-0.05, 0) is 45.0 Å². The maximum absolute atomic E-state index is 12.2. The molecule has 0 unspecified atom stereocenters. The highest BCUT2D eigenvalue weighted by Gasteiger charge is 2.20. The van der Waals surface area contributed by atoms with Gasteiger partial charge >= 0.3 is 0 Å². The highest BCUT2D eigenvalue weighted by atomic mass is 16.3. The predicted molar refractivity (Wildman–Crippen MR) is 74.0 cm³/mol. The molecule has 5 heteroatoms. The second kappa shape index (κ2) is 7.31. The number of furan rings is 1. The van der Waals surface area contributed by atoms with Crippen molar-refractivity contribution in [1.29, 1.82) is 0 Å². The lowest BCUT2D eigenvalue weighted by molar-refractivity contribution is 0.0760. The summed E-state index contributed by atoms with van der Waals surface area (Å²) in [6, 6.07) is 1.73. The predicted octanol–water partition coefficient (Wildman–Crippen LogP) is 1.17. The Morgan fingerprint density at radius 2 is 2.16 bits per heavy atom. The van der Waals surface area contributed by atoms with Gasteiger partial charge in [-0.2, -0.15) is 0 Å². The molecule has 1 amide bonds. The molecule has 2 N–H and O–H groups in total. The fraction of sp³-hybridized carbons (Fsp3) is 0.643. The van der Waals surface area contributed by atoms with Gasteiger partial charge < -0.3 is 20.0 Å². The van der Waals surface area contributed by atoms with Crippen LogP contribution in [0.5, 0.6) is 0 Å². The second-order valence-electron chi connectivity index (χ2n) is 5.00. The van der Waals surface area contributed by atoms with Gasteiger partial charge in [0.25, 0.3) is 5.91 Å². The number of nitrogens with zero attached hydrogens (tertiary/aromatic N) is 2. The van der Waals surface area contributed by atoms with E-state index in [1.54, 1.807) is 12.3 Å². The Morgan fingerprint density at radius 1 is 1.26 bits per heavy atom. The van der Waals surface area contributed by atoms with Crippen LogP contribution >= 0.6 is 0 Å². The van der Waals surface area contributed by atoms with Crippen LogP contribution in [0.2, 0.25) is 0 Å². The fourth-order valence-corrected chi connectivity index (χ4v) is 2.45. The van der Waals surface area contributed by atoms with Crippen LogP contribution in [-0.2, 0) is 0 Å². The lowest BCUT2D eigenvalue weighted by Crippen LogP contribution is -2.35. The SMILES string of the molecule is NCCCCN1CCCN(C(=O)c2ccoc2)CC1. The minimum Gasteiger partial charge on any atom is -0.472 e. The zero-order valence-corrected chi connectivity index (χ0v) is 11.4. The van der Waals surface area contributed by atoms with Crippen LogP contribution in [0.1, 0.15) is 29.6 Å². The molecule has 2 heterocycles. The molecule has 0 bridgehead atoms. The quantitative estimate of drug-likeness (QED) is 0.812. The molecule has 1 aliphatic heterocycles. The van der Waals surface area contributed by atoms with Gasteiger partial charge in [-0.3, -0.25) is 4.79 Å². The van der Waals surface area contributed by atoms with Crippen molar-refractivity contribution in [3.8, 4) is 0 Å². The third-order valence-corrected chi connectivity index (χ3v) is 3.57. The lowest BCUT2D eigenvalue weighted by atomic mass is 10.3. The first kappa shape index (κ1) is 14.1. The molecule has 0 aromatic carbocycles. The Hall–Kier alpha value is -1.33. The Bertz CT molecular complexity index is 378. The van der Waals surface area contributed by atoms with Crippen LogP contribution in [0.3, 0.4) is 0 Å². The lowest BCUT2D eigenvalue weighted by Gasteiger charge is -2.21. The van der Waals surface area contributed by atoms with Gasteiger partial charge in [0.2, 0.25) is 0 Å². The molecule has 1 aromatic rings. The van der Waals surface area contributed by atoms with E-state index < -0.39 is 0 Å². The topological polar surface area (TPSA) is 62.7 Å². The van der Waals surface area contributed by atoms with Gasteiger partial charge in [0.15, 0.2) is 0 Å². The fourth-order valence-electron chi connectivity index (χ4n) is 2.45. The van der Waals surface area contributed by atoms with E-state index in [0.717, 1.165) is 58.5 Å². The molecule has 0 atom stereocenters. The second-order valence-corrected chi connectivity index (χ2v) is 5.00. The Labute approximate surface area is 114 Å². The van der Waals surface area contributed by atoms with Crippen molar-refractivity contribution < 1.29 is 9.21 Å². The van der Waals surface area contributed by atoms with Crippen molar-refractivity contribution in [2.45, 2.75) is 19.3 Å². The number of carbonyl (C=O) groups is 1. The smallest absolute Gasteiger partial charge is 0.257 e. The standard InChI is InChI=1S/C14H23N3O2/c15-5-1-2-6-16-7-3-8-17(10-9-16)14(18)13-4-11-19-12-13/h4,11-12H,1-3,5-10,15H2. The summed E-state index contributed by atoms with van der Waals surface area (Å²) >= 11 is 0.